The zero-order chi connectivity index (χ0) is 21.8. The number of aromatic nitrogens is 3. The Bertz CT molecular complexity index is 1190. The topological polar surface area (TPSA) is 59.8 Å². The first kappa shape index (κ1) is 20.3. The highest BCUT2D eigenvalue weighted by Crippen LogP contribution is 2.29. The van der Waals surface area contributed by atoms with Gasteiger partial charge in [0.1, 0.15) is 5.69 Å². The van der Waals surface area contributed by atoms with Crippen molar-refractivity contribution in [2.24, 2.45) is 0 Å². The van der Waals surface area contributed by atoms with E-state index < -0.39 is 17.6 Å². The number of carbonyl (C=O) groups is 1. The Hall–Kier alpha value is -3.94. The van der Waals surface area contributed by atoms with Gasteiger partial charge in [0, 0.05) is 12.1 Å². The lowest BCUT2D eigenvalue weighted by Crippen LogP contribution is -2.24. The minimum atomic E-state index is -4.45. The molecule has 0 aliphatic carbocycles. The largest absolute Gasteiger partial charge is 0.416 e. The van der Waals surface area contributed by atoms with Crippen molar-refractivity contribution < 1.29 is 18.0 Å². The van der Waals surface area contributed by atoms with E-state index in [2.05, 4.69) is 15.6 Å². The number of alkyl halides is 3. The molecule has 1 amide bonds. The fourth-order valence-corrected chi connectivity index (χ4v) is 3.16. The van der Waals surface area contributed by atoms with Gasteiger partial charge in [0.05, 0.1) is 11.3 Å². The van der Waals surface area contributed by atoms with Crippen LogP contribution in [0.4, 0.5) is 13.2 Å². The van der Waals surface area contributed by atoms with E-state index >= 15 is 0 Å². The Kier molecular flexibility index (Phi) is 5.53. The Labute approximate surface area is 176 Å². The van der Waals surface area contributed by atoms with Crippen LogP contribution < -0.4 is 5.32 Å². The Balaban J connectivity index is 1.64. The first-order valence-electron chi connectivity index (χ1n) is 9.44. The molecule has 156 valence electrons. The molecule has 1 heterocycles. The van der Waals surface area contributed by atoms with Crippen molar-refractivity contribution in [2.75, 3.05) is 0 Å². The summed E-state index contributed by atoms with van der Waals surface area (Å²) in [5.41, 5.74) is 1.61. The molecule has 5 nitrogen and oxygen atoms in total. The number of nitrogens with zero attached hydrogens (tertiary/aromatic N) is 3. The summed E-state index contributed by atoms with van der Waals surface area (Å²) >= 11 is 0. The summed E-state index contributed by atoms with van der Waals surface area (Å²) in [5.74, 6) is -0.529. The molecule has 0 saturated heterocycles. The molecule has 0 radical (unpaired) electrons. The summed E-state index contributed by atoms with van der Waals surface area (Å²) in [4.78, 5) is 12.9. The van der Waals surface area contributed by atoms with Gasteiger partial charge in [0.25, 0.3) is 5.91 Å². The molecule has 4 rings (SSSR count). The van der Waals surface area contributed by atoms with Crippen molar-refractivity contribution in [1.29, 1.82) is 0 Å². The van der Waals surface area contributed by atoms with Crippen LogP contribution >= 0.6 is 0 Å². The zero-order valence-corrected chi connectivity index (χ0v) is 16.2. The van der Waals surface area contributed by atoms with Gasteiger partial charge in [-0.15, -0.1) is 5.10 Å². The van der Waals surface area contributed by atoms with Gasteiger partial charge in [-0.1, -0.05) is 65.9 Å². The molecule has 1 N–H and O–H groups in total. The summed E-state index contributed by atoms with van der Waals surface area (Å²) in [6, 6.07) is 23.3. The minimum absolute atomic E-state index is 0.0742. The molecule has 3 aromatic carbocycles. The molecule has 0 spiro atoms. The summed E-state index contributed by atoms with van der Waals surface area (Å²) in [6.07, 6.45) is -4.45. The van der Waals surface area contributed by atoms with Crippen molar-refractivity contribution in [3.8, 4) is 16.9 Å². The van der Waals surface area contributed by atoms with Gasteiger partial charge in [-0.25, -0.2) is 4.68 Å². The molecule has 31 heavy (non-hydrogen) atoms. The van der Waals surface area contributed by atoms with Crippen LogP contribution in [0.15, 0.2) is 84.9 Å². The van der Waals surface area contributed by atoms with E-state index in [0.29, 0.717) is 11.3 Å². The predicted octanol–water partition coefficient (Wildman–Crippen LogP) is 4.88. The van der Waals surface area contributed by atoms with Crippen LogP contribution in [0.2, 0.25) is 0 Å². The quantitative estimate of drug-likeness (QED) is 0.499. The molecule has 0 aliphatic rings. The second kappa shape index (κ2) is 8.43. The number of halogens is 3. The maximum absolute atomic E-state index is 12.9. The smallest absolute Gasteiger partial charge is 0.346 e. The number of carbonyl (C=O) groups excluding carboxylic acids is 1. The van der Waals surface area contributed by atoms with Gasteiger partial charge in [-0.2, -0.15) is 13.2 Å². The molecule has 0 fully saturated rings. The van der Waals surface area contributed by atoms with Crippen molar-refractivity contribution in [3.05, 3.63) is 102 Å². The lowest BCUT2D eigenvalue weighted by molar-refractivity contribution is -0.137. The highest BCUT2D eigenvalue weighted by atomic mass is 19.4. The fourth-order valence-electron chi connectivity index (χ4n) is 3.16. The Morgan fingerprint density at radius 3 is 2.26 bits per heavy atom. The van der Waals surface area contributed by atoms with Crippen molar-refractivity contribution in [2.45, 2.75) is 12.7 Å². The average molecular weight is 422 g/mol. The minimum Gasteiger partial charge on any atom is -0.346 e. The van der Waals surface area contributed by atoms with Crippen LogP contribution in [0.1, 0.15) is 21.6 Å². The maximum atomic E-state index is 12.9. The SMILES string of the molecule is O=C(NCc1cccc(C(F)(F)F)c1)c1nnn(-c2ccccc2)c1-c1ccccc1. The molecular formula is C23H17F3N4O. The van der Waals surface area contributed by atoms with Gasteiger partial charge in [-0.05, 0) is 29.8 Å². The zero-order valence-electron chi connectivity index (χ0n) is 16.2. The van der Waals surface area contributed by atoms with E-state index in [1.165, 1.54) is 12.1 Å². The maximum Gasteiger partial charge on any atom is 0.416 e. The average Bonchev–Trinajstić information content (AvgIpc) is 3.24. The third kappa shape index (κ3) is 4.48. The first-order chi connectivity index (χ1) is 14.9. The normalized spacial score (nSPS) is 11.3. The van der Waals surface area contributed by atoms with Gasteiger partial charge >= 0.3 is 6.18 Å². The molecule has 0 atom stereocenters. The number of nitrogens with one attached hydrogen (secondary N) is 1. The van der Waals surface area contributed by atoms with E-state index in [9.17, 15) is 18.0 Å². The van der Waals surface area contributed by atoms with Gasteiger partial charge in [-0.3, -0.25) is 4.79 Å². The molecule has 0 aliphatic heterocycles. The Morgan fingerprint density at radius 2 is 1.58 bits per heavy atom. The van der Waals surface area contributed by atoms with Crippen LogP contribution in [0.25, 0.3) is 16.9 Å². The highest BCUT2D eigenvalue weighted by molar-refractivity contribution is 5.98. The van der Waals surface area contributed by atoms with Gasteiger partial charge in [0.2, 0.25) is 0 Å². The van der Waals surface area contributed by atoms with Gasteiger partial charge in [0.15, 0.2) is 5.69 Å². The number of benzene rings is 3. The van der Waals surface area contributed by atoms with E-state index in [1.807, 2.05) is 60.7 Å². The summed E-state index contributed by atoms with van der Waals surface area (Å²) in [6.45, 7) is -0.0742. The number of rotatable bonds is 5. The van der Waals surface area contributed by atoms with Crippen LogP contribution in [0, 0.1) is 0 Å². The second-order valence-electron chi connectivity index (χ2n) is 6.78. The van der Waals surface area contributed by atoms with Crippen LogP contribution in [-0.4, -0.2) is 20.9 Å². The number of hydrogen-bond acceptors (Lipinski definition) is 3. The molecular weight excluding hydrogens is 405 g/mol. The van der Waals surface area contributed by atoms with Crippen LogP contribution in [0.5, 0.6) is 0 Å². The van der Waals surface area contributed by atoms with E-state index in [-0.39, 0.29) is 12.2 Å². The molecule has 4 aromatic rings. The summed E-state index contributed by atoms with van der Waals surface area (Å²) in [5, 5.41) is 10.8. The highest BCUT2D eigenvalue weighted by Gasteiger charge is 2.30. The van der Waals surface area contributed by atoms with Crippen LogP contribution in [0.3, 0.4) is 0 Å². The van der Waals surface area contributed by atoms with Gasteiger partial charge < -0.3 is 5.32 Å². The molecule has 0 unspecified atom stereocenters. The molecule has 8 heteroatoms. The standard InChI is InChI=1S/C23H17F3N4O/c24-23(25,26)18-11-7-8-16(14-18)15-27-22(31)20-21(17-9-3-1-4-10-17)30(29-28-20)19-12-5-2-6-13-19/h1-14H,15H2,(H,27,31). The number of hydrogen-bond donors (Lipinski definition) is 1. The van der Waals surface area contributed by atoms with Crippen LogP contribution in [-0.2, 0) is 12.7 Å². The number of para-hydroxylation sites is 1. The number of amides is 1. The Morgan fingerprint density at radius 1 is 0.903 bits per heavy atom. The monoisotopic (exact) mass is 422 g/mol. The third-order valence-corrected chi connectivity index (χ3v) is 4.64. The lowest BCUT2D eigenvalue weighted by Gasteiger charge is -2.10. The second-order valence-corrected chi connectivity index (χ2v) is 6.78. The predicted molar refractivity (Wildman–Crippen MR) is 109 cm³/mol. The molecule has 1 aromatic heterocycles. The third-order valence-electron chi connectivity index (χ3n) is 4.64. The molecule has 0 bridgehead atoms. The van der Waals surface area contributed by atoms with E-state index in [0.717, 1.165) is 23.4 Å². The summed E-state index contributed by atoms with van der Waals surface area (Å²) in [7, 11) is 0. The van der Waals surface area contributed by atoms with E-state index in [1.54, 1.807) is 4.68 Å². The lowest BCUT2D eigenvalue weighted by atomic mass is 10.1. The van der Waals surface area contributed by atoms with Crippen molar-refractivity contribution in [3.63, 3.8) is 0 Å². The summed E-state index contributed by atoms with van der Waals surface area (Å²) < 4.78 is 40.3. The van der Waals surface area contributed by atoms with E-state index in [4.69, 9.17) is 0 Å². The van der Waals surface area contributed by atoms with Crippen molar-refractivity contribution >= 4 is 5.91 Å². The van der Waals surface area contributed by atoms with Crippen molar-refractivity contribution in [1.82, 2.24) is 20.3 Å². The fraction of sp³-hybridized carbons (Fsp3) is 0.0870. The molecule has 0 saturated carbocycles. The first-order valence-corrected chi connectivity index (χ1v) is 9.44.